The smallest absolute Gasteiger partial charge is 0.408 e. The summed E-state index contributed by atoms with van der Waals surface area (Å²) in [6, 6.07) is 14.8. The van der Waals surface area contributed by atoms with E-state index in [2.05, 4.69) is 20.9 Å². The van der Waals surface area contributed by atoms with Crippen LogP contribution in [-0.2, 0) is 28.9 Å². The molecule has 218 valence electrons. The molecule has 0 spiro atoms. The number of methoxy groups -OCH3 is 1. The normalized spacial score (nSPS) is 17.1. The molecule has 3 amide bonds. The van der Waals surface area contributed by atoms with Crippen molar-refractivity contribution >= 4 is 18.1 Å². The number of carbonyl (C=O) groups excluding carboxylic acids is 2. The van der Waals surface area contributed by atoms with Gasteiger partial charge in [-0.05, 0) is 50.5 Å². The molecule has 1 saturated heterocycles. The van der Waals surface area contributed by atoms with Crippen LogP contribution >= 0.6 is 0 Å². The van der Waals surface area contributed by atoms with E-state index in [4.69, 9.17) is 9.47 Å². The molecule has 1 aliphatic rings. The van der Waals surface area contributed by atoms with Crippen molar-refractivity contribution in [1.82, 2.24) is 30.5 Å². The van der Waals surface area contributed by atoms with Gasteiger partial charge in [0.15, 0.2) is 0 Å². The third-order valence-electron chi connectivity index (χ3n) is 6.63. The van der Waals surface area contributed by atoms with Crippen molar-refractivity contribution in [3.05, 3.63) is 77.6 Å². The number of nitrogens with zero attached hydrogens (tertiary/aromatic N) is 4. The highest BCUT2D eigenvalue weighted by Crippen LogP contribution is 2.32. The number of benzene rings is 2. The van der Waals surface area contributed by atoms with Crippen LogP contribution in [0.15, 0.2) is 60.8 Å². The predicted octanol–water partition coefficient (Wildman–Crippen LogP) is 3.18. The van der Waals surface area contributed by atoms with Crippen LogP contribution < -0.4 is 15.4 Å². The van der Waals surface area contributed by atoms with Gasteiger partial charge in [0.1, 0.15) is 17.4 Å². The molecule has 0 saturated carbocycles. The number of carbonyl (C=O) groups is 3. The Balaban J connectivity index is 1.48. The number of ether oxygens (including phenoxy) is 2. The Morgan fingerprint density at radius 3 is 2.46 bits per heavy atom. The van der Waals surface area contributed by atoms with Gasteiger partial charge in [0, 0.05) is 19.2 Å². The quantitative estimate of drug-likeness (QED) is 0.301. The zero-order valence-corrected chi connectivity index (χ0v) is 23.6. The summed E-state index contributed by atoms with van der Waals surface area (Å²) in [4.78, 5) is 38.7. The van der Waals surface area contributed by atoms with Crippen molar-refractivity contribution in [3.8, 4) is 5.75 Å². The van der Waals surface area contributed by atoms with Crippen LogP contribution in [0.2, 0.25) is 0 Å². The SMILES string of the molecule is COc1ccc(C(Cc2ccccc2)N(C(=O)O)[C@@H]2C(=O)N[C@@H]2Cc2cn(CCNC(=O)OC(C)(C)C)nn2)cc1. The number of carboxylic acid groups (broad SMARTS) is 1. The van der Waals surface area contributed by atoms with Crippen molar-refractivity contribution in [2.75, 3.05) is 13.7 Å². The fourth-order valence-electron chi connectivity index (χ4n) is 4.76. The topological polar surface area (TPSA) is 148 Å². The highest BCUT2D eigenvalue weighted by Gasteiger charge is 2.48. The molecule has 1 aromatic heterocycles. The molecule has 3 atom stereocenters. The van der Waals surface area contributed by atoms with Gasteiger partial charge in [-0.2, -0.15) is 0 Å². The van der Waals surface area contributed by atoms with E-state index in [1.165, 1.54) is 4.90 Å². The molecule has 12 heteroatoms. The zero-order chi connectivity index (χ0) is 29.6. The van der Waals surface area contributed by atoms with Crippen LogP contribution in [0.5, 0.6) is 5.75 Å². The third-order valence-corrected chi connectivity index (χ3v) is 6.63. The molecule has 4 rings (SSSR count). The monoisotopic (exact) mass is 564 g/mol. The van der Waals surface area contributed by atoms with E-state index in [0.717, 1.165) is 11.1 Å². The van der Waals surface area contributed by atoms with E-state index in [1.54, 1.807) is 50.9 Å². The van der Waals surface area contributed by atoms with E-state index in [1.807, 2.05) is 42.5 Å². The predicted molar refractivity (Wildman–Crippen MR) is 149 cm³/mol. The minimum Gasteiger partial charge on any atom is -0.497 e. The third kappa shape index (κ3) is 7.74. The van der Waals surface area contributed by atoms with Gasteiger partial charge in [0.2, 0.25) is 5.91 Å². The van der Waals surface area contributed by atoms with Crippen LogP contribution in [-0.4, -0.2) is 74.4 Å². The fraction of sp³-hybridized carbons (Fsp3) is 0.414. The standard InChI is InChI=1S/C29H36N6O6/c1-29(2,3)41-27(37)30-14-15-34-18-21(32-33-34)17-23-25(26(36)31-23)35(28(38)39)24(16-19-8-6-5-7-9-19)20-10-12-22(40-4)13-11-20/h5-13,18,23-25H,14-17H2,1-4H3,(H,30,37)(H,31,36)(H,38,39)/t23-,24?,25+/m1/s1. The molecule has 1 aliphatic heterocycles. The van der Waals surface area contributed by atoms with E-state index in [9.17, 15) is 19.5 Å². The van der Waals surface area contributed by atoms with Gasteiger partial charge >= 0.3 is 12.2 Å². The van der Waals surface area contributed by atoms with E-state index < -0.39 is 35.9 Å². The van der Waals surface area contributed by atoms with Crippen molar-refractivity contribution in [2.24, 2.45) is 0 Å². The number of amides is 3. The first-order valence-electron chi connectivity index (χ1n) is 13.4. The first-order chi connectivity index (χ1) is 19.5. The Hall–Kier alpha value is -4.61. The van der Waals surface area contributed by atoms with Crippen molar-refractivity contribution in [1.29, 1.82) is 0 Å². The molecule has 3 aromatic rings. The number of alkyl carbamates (subject to hydrolysis) is 1. The van der Waals surface area contributed by atoms with E-state index >= 15 is 0 Å². The lowest BCUT2D eigenvalue weighted by atomic mass is 9.89. The summed E-state index contributed by atoms with van der Waals surface area (Å²) in [5.74, 6) is 0.288. The van der Waals surface area contributed by atoms with Crippen LogP contribution in [0.3, 0.4) is 0 Å². The molecule has 1 unspecified atom stereocenters. The molecule has 1 fully saturated rings. The molecule has 0 bridgehead atoms. The zero-order valence-electron chi connectivity index (χ0n) is 23.6. The summed E-state index contributed by atoms with van der Waals surface area (Å²) in [6.45, 7) is 6.01. The van der Waals surface area contributed by atoms with Gasteiger partial charge in [-0.15, -0.1) is 5.10 Å². The second-order valence-electron chi connectivity index (χ2n) is 10.8. The number of rotatable bonds is 11. The Labute approximate surface area is 238 Å². The summed E-state index contributed by atoms with van der Waals surface area (Å²) in [5, 5.41) is 24.2. The number of nitrogens with one attached hydrogen (secondary N) is 2. The molecule has 2 aromatic carbocycles. The molecule has 2 heterocycles. The average Bonchev–Trinajstić information content (AvgIpc) is 3.37. The van der Waals surface area contributed by atoms with Crippen molar-refractivity contribution in [3.63, 3.8) is 0 Å². The van der Waals surface area contributed by atoms with Crippen LogP contribution in [0.1, 0.15) is 43.6 Å². The van der Waals surface area contributed by atoms with Crippen LogP contribution in [0.25, 0.3) is 0 Å². The number of aromatic nitrogens is 3. The Morgan fingerprint density at radius 1 is 1.15 bits per heavy atom. The summed E-state index contributed by atoms with van der Waals surface area (Å²) in [5.41, 5.74) is 1.69. The van der Waals surface area contributed by atoms with Gasteiger partial charge < -0.3 is 25.2 Å². The number of β-lactam (4-membered cyclic amide) rings is 1. The molecule has 41 heavy (non-hydrogen) atoms. The first-order valence-corrected chi connectivity index (χ1v) is 13.4. The average molecular weight is 565 g/mol. The lowest BCUT2D eigenvalue weighted by Crippen LogP contribution is -2.71. The lowest BCUT2D eigenvalue weighted by Gasteiger charge is -2.45. The summed E-state index contributed by atoms with van der Waals surface area (Å²) < 4.78 is 12.1. The van der Waals surface area contributed by atoms with Crippen molar-refractivity contribution < 1.29 is 29.0 Å². The number of hydrogen-bond acceptors (Lipinski definition) is 7. The largest absolute Gasteiger partial charge is 0.497 e. The van der Waals surface area contributed by atoms with E-state index in [0.29, 0.717) is 30.8 Å². The maximum absolute atomic E-state index is 12.8. The van der Waals surface area contributed by atoms with Gasteiger partial charge in [-0.25, -0.2) is 9.59 Å². The fourth-order valence-corrected chi connectivity index (χ4v) is 4.76. The summed E-state index contributed by atoms with van der Waals surface area (Å²) in [6.07, 6.45) is 0.683. The molecule has 12 nitrogen and oxygen atoms in total. The minimum absolute atomic E-state index is 0.288. The minimum atomic E-state index is -1.19. The maximum atomic E-state index is 12.8. The highest BCUT2D eigenvalue weighted by molar-refractivity contribution is 5.92. The molecule has 0 radical (unpaired) electrons. The van der Waals surface area contributed by atoms with Crippen LogP contribution in [0.4, 0.5) is 9.59 Å². The van der Waals surface area contributed by atoms with Crippen molar-refractivity contribution in [2.45, 2.75) is 63.9 Å². The van der Waals surface area contributed by atoms with Crippen LogP contribution in [0, 0.1) is 0 Å². The van der Waals surface area contributed by atoms with E-state index in [-0.39, 0.29) is 12.5 Å². The summed E-state index contributed by atoms with van der Waals surface area (Å²) in [7, 11) is 1.57. The Morgan fingerprint density at radius 2 is 1.85 bits per heavy atom. The molecular weight excluding hydrogens is 528 g/mol. The van der Waals surface area contributed by atoms with Gasteiger partial charge in [-0.1, -0.05) is 47.7 Å². The van der Waals surface area contributed by atoms with Gasteiger partial charge in [0.25, 0.3) is 0 Å². The second kappa shape index (κ2) is 12.7. The molecule has 0 aliphatic carbocycles. The highest BCUT2D eigenvalue weighted by atomic mass is 16.6. The first kappa shape index (κ1) is 29.4. The maximum Gasteiger partial charge on any atom is 0.408 e. The molecular formula is C29H36N6O6. The molecule has 3 N–H and O–H groups in total. The second-order valence-corrected chi connectivity index (χ2v) is 10.8. The van der Waals surface area contributed by atoms with Gasteiger partial charge in [0.05, 0.1) is 31.4 Å². The Bertz CT molecular complexity index is 1340. The summed E-state index contributed by atoms with van der Waals surface area (Å²) >= 11 is 0. The Kier molecular flexibility index (Phi) is 9.10. The number of hydrogen-bond donors (Lipinski definition) is 3. The lowest BCUT2D eigenvalue weighted by molar-refractivity contribution is -0.137. The van der Waals surface area contributed by atoms with Gasteiger partial charge in [-0.3, -0.25) is 14.4 Å².